The first kappa shape index (κ1) is 32.7. The summed E-state index contributed by atoms with van der Waals surface area (Å²) < 4.78 is 25.7. The first-order valence-corrected chi connectivity index (χ1v) is 16.2. The quantitative estimate of drug-likeness (QED) is 0.162. The lowest BCUT2D eigenvalue weighted by atomic mass is 9.95. The average Bonchev–Trinajstić information content (AvgIpc) is 3.64. The topological polar surface area (TPSA) is 123 Å². The minimum Gasteiger partial charge on any atom is -0.496 e. The van der Waals surface area contributed by atoms with Crippen molar-refractivity contribution in [2.75, 3.05) is 21.3 Å². The van der Waals surface area contributed by atoms with Crippen molar-refractivity contribution in [2.45, 2.75) is 19.9 Å². The predicted octanol–water partition coefficient (Wildman–Crippen LogP) is 4.97. The van der Waals surface area contributed by atoms with E-state index in [1.165, 1.54) is 37.0 Å². The molecule has 11 nitrogen and oxygen atoms in total. The van der Waals surface area contributed by atoms with E-state index in [0.717, 1.165) is 15.7 Å². The van der Waals surface area contributed by atoms with Crippen LogP contribution < -0.4 is 29.1 Å². The lowest BCUT2D eigenvalue weighted by Gasteiger charge is -2.25. The Hall–Kier alpha value is -5.27. The second kappa shape index (κ2) is 13.5. The zero-order chi connectivity index (χ0) is 34.1. The van der Waals surface area contributed by atoms with Crippen LogP contribution >= 0.6 is 27.3 Å². The van der Waals surface area contributed by atoms with E-state index in [2.05, 4.69) is 20.9 Å². The molecule has 0 saturated heterocycles. The maximum absolute atomic E-state index is 14.3. The van der Waals surface area contributed by atoms with Gasteiger partial charge in [-0.3, -0.25) is 14.2 Å². The molecule has 0 amide bonds. The number of esters is 2. The Bertz CT molecular complexity index is 2290. The molecular weight excluding hydrogens is 700 g/mol. The Morgan fingerprint density at radius 2 is 1.69 bits per heavy atom. The van der Waals surface area contributed by atoms with E-state index >= 15 is 0 Å². The summed E-state index contributed by atoms with van der Waals surface area (Å²) >= 11 is 4.77. The number of nitrogens with zero attached hydrogens (tertiary/aromatic N) is 4. The van der Waals surface area contributed by atoms with Gasteiger partial charge in [0.25, 0.3) is 5.56 Å². The summed E-state index contributed by atoms with van der Waals surface area (Å²) in [6.07, 6.45) is 3.64. The van der Waals surface area contributed by atoms with Crippen LogP contribution in [0.25, 0.3) is 23.0 Å². The third kappa shape index (κ3) is 6.09. The highest BCUT2D eigenvalue weighted by molar-refractivity contribution is 9.10. The smallest absolute Gasteiger partial charge is 0.338 e. The van der Waals surface area contributed by atoms with Crippen molar-refractivity contribution in [3.05, 3.63) is 119 Å². The SMILES string of the molecule is COC(=O)C1=C(C)N=c2s/c(=C\c3cn(-c4ccccc4)nc3-c3ccc(OC)c(Br)c3)c(=O)n2C1c1ccc(OC(C)=O)c(OC)c1. The molecule has 1 atom stereocenters. The van der Waals surface area contributed by atoms with Crippen LogP contribution in [0, 0.1) is 0 Å². The highest BCUT2D eigenvalue weighted by atomic mass is 79.9. The number of hydrogen-bond acceptors (Lipinski definition) is 10. The molecule has 244 valence electrons. The Kier molecular flexibility index (Phi) is 9.16. The van der Waals surface area contributed by atoms with Gasteiger partial charge in [0.1, 0.15) is 11.4 Å². The van der Waals surface area contributed by atoms with Crippen LogP contribution in [-0.4, -0.2) is 47.6 Å². The van der Waals surface area contributed by atoms with E-state index in [-0.39, 0.29) is 22.6 Å². The zero-order valence-electron chi connectivity index (χ0n) is 26.5. The van der Waals surface area contributed by atoms with Crippen LogP contribution in [-0.2, 0) is 14.3 Å². The summed E-state index contributed by atoms with van der Waals surface area (Å²) in [4.78, 5) is 44.3. The molecule has 0 fully saturated rings. The monoisotopic (exact) mass is 728 g/mol. The molecule has 0 spiro atoms. The molecule has 13 heteroatoms. The molecule has 48 heavy (non-hydrogen) atoms. The molecule has 0 saturated carbocycles. The second-order valence-corrected chi connectivity index (χ2v) is 12.5. The number of hydrogen-bond donors (Lipinski definition) is 0. The fourth-order valence-electron chi connectivity index (χ4n) is 5.49. The molecule has 3 aromatic carbocycles. The van der Waals surface area contributed by atoms with Crippen molar-refractivity contribution in [1.82, 2.24) is 14.3 Å². The van der Waals surface area contributed by atoms with Gasteiger partial charge in [0.2, 0.25) is 0 Å². The van der Waals surface area contributed by atoms with Crippen molar-refractivity contribution in [2.24, 2.45) is 4.99 Å². The number of rotatable bonds is 8. The standard InChI is InChI=1S/C35H29BrN4O7S/c1-19-30(34(43)46-5)32(22-12-14-27(47-20(2)41)28(16-22)45-4)40-33(42)29(48-35(40)37-19)17-23-18-39(24-9-7-6-8-10-24)38-31(23)21-11-13-26(44-3)25(36)15-21/h6-18,32H,1-5H3/b29-17-. The first-order valence-electron chi connectivity index (χ1n) is 14.6. The lowest BCUT2D eigenvalue weighted by molar-refractivity contribution is -0.136. The molecule has 2 aromatic heterocycles. The van der Waals surface area contributed by atoms with Crippen molar-refractivity contribution < 1.29 is 28.5 Å². The summed E-state index contributed by atoms with van der Waals surface area (Å²) in [6, 6.07) is 19.3. The summed E-state index contributed by atoms with van der Waals surface area (Å²) in [5, 5.41) is 4.90. The van der Waals surface area contributed by atoms with Gasteiger partial charge in [-0.15, -0.1) is 0 Å². The minimum absolute atomic E-state index is 0.194. The van der Waals surface area contributed by atoms with Crippen LogP contribution in [0.2, 0.25) is 0 Å². The molecule has 6 rings (SSSR count). The van der Waals surface area contributed by atoms with Gasteiger partial charge < -0.3 is 18.9 Å². The number of carbonyl (C=O) groups is 2. The van der Waals surface area contributed by atoms with Crippen LogP contribution in [0.15, 0.2) is 98.5 Å². The maximum Gasteiger partial charge on any atom is 0.338 e. The van der Waals surface area contributed by atoms with Gasteiger partial charge >= 0.3 is 11.9 Å². The van der Waals surface area contributed by atoms with E-state index in [9.17, 15) is 14.4 Å². The van der Waals surface area contributed by atoms with E-state index in [4.69, 9.17) is 24.0 Å². The molecule has 1 aliphatic rings. The number of aromatic nitrogens is 3. The summed E-state index contributed by atoms with van der Waals surface area (Å²) in [7, 11) is 4.31. The van der Waals surface area contributed by atoms with E-state index in [1.807, 2.05) is 54.7 Å². The number of fused-ring (bicyclic) bond motifs is 1. The first-order chi connectivity index (χ1) is 23.1. The van der Waals surface area contributed by atoms with Gasteiger partial charge in [0, 0.05) is 24.2 Å². The predicted molar refractivity (Wildman–Crippen MR) is 183 cm³/mol. The van der Waals surface area contributed by atoms with Crippen LogP contribution in [0.4, 0.5) is 0 Å². The van der Waals surface area contributed by atoms with E-state index in [0.29, 0.717) is 37.6 Å². The fraction of sp³-hybridized carbons (Fsp3) is 0.171. The molecule has 0 N–H and O–H groups in total. The summed E-state index contributed by atoms with van der Waals surface area (Å²) in [5.74, 6) is -0.0145. The minimum atomic E-state index is -0.903. The van der Waals surface area contributed by atoms with E-state index in [1.54, 1.807) is 43.0 Å². The zero-order valence-corrected chi connectivity index (χ0v) is 28.9. The number of para-hydroxylation sites is 1. The van der Waals surface area contributed by atoms with Crippen LogP contribution in [0.1, 0.15) is 31.0 Å². The molecule has 0 bridgehead atoms. The van der Waals surface area contributed by atoms with Crippen molar-refractivity contribution >= 4 is 45.3 Å². The Morgan fingerprint density at radius 3 is 2.35 bits per heavy atom. The Morgan fingerprint density at radius 1 is 0.958 bits per heavy atom. The maximum atomic E-state index is 14.3. The molecule has 0 radical (unpaired) electrons. The molecule has 1 unspecified atom stereocenters. The Balaban J connectivity index is 1.56. The molecule has 5 aromatic rings. The molecule has 1 aliphatic heterocycles. The largest absolute Gasteiger partial charge is 0.496 e. The highest BCUT2D eigenvalue weighted by Crippen LogP contribution is 2.36. The highest BCUT2D eigenvalue weighted by Gasteiger charge is 2.34. The van der Waals surface area contributed by atoms with Gasteiger partial charge in [-0.25, -0.2) is 14.5 Å². The number of halogens is 1. The van der Waals surface area contributed by atoms with Gasteiger partial charge in [-0.05, 0) is 77.0 Å². The van der Waals surface area contributed by atoms with Gasteiger partial charge in [-0.2, -0.15) is 5.10 Å². The normalized spacial score (nSPS) is 14.3. The third-order valence-corrected chi connectivity index (χ3v) is 9.26. The molecule has 0 aliphatic carbocycles. The number of methoxy groups -OCH3 is 3. The number of carbonyl (C=O) groups excluding carboxylic acids is 2. The third-order valence-electron chi connectivity index (χ3n) is 7.66. The van der Waals surface area contributed by atoms with Gasteiger partial charge in [0.05, 0.1) is 53.3 Å². The number of ether oxygens (including phenoxy) is 4. The van der Waals surface area contributed by atoms with Crippen molar-refractivity contribution in [1.29, 1.82) is 0 Å². The second-order valence-electron chi connectivity index (χ2n) is 10.6. The number of thiazole rings is 1. The Labute approximate surface area is 287 Å². The van der Waals surface area contributed by atoms with Crippen molar-refractivity contribution in [3.8, 4) is 34.2 Å². The van der Waals surface area contributed by atoms with E-state index < -0.39 is 18.0 Å². The van der Waals surface area contributed by atoms with Crippen LogP contribution in [0.3, 0.4) is 0 Å². The van der Waals surface area contributed by atoms with Crippen molar-refractivity contribution in [3.63, 3.8) is 0 Å². The lowest BCUT2D eigenvalue weighted by Crippen LogP contribution is -2.39. The van der Waals surface area contributed by atoms with Crippen LogP contribution in [0.5, 0.6) is 17.2 Å². The molecule has 3 heterocycles. The molecular formula is C35H29BrN4O7S. The number of benzene rings is 3. The summed E-state index contributed by atoms with van der Waals surface area (Å²) in [6.45, 7) is 2.99. The summed E-state index contributed by atoms with van der Waals surface area (Å²) in [5.41, 5.74) is 3.74. The fourth-order valence-corrected chi connectivity index (χ4v) is 7.06. The van der Waals surface area contributed by atoms with Gasteiger partial charge in [-0.1, -0.05) is 35.6 Å². The average molecular weight is 730 g/mol. The number of allylic oxidation sites excluding steroid dienone is 1. The van der Waals surface area contributed by atoms with Gasteiger partial charge in [0.15, 0.2) is 16.3 Å².